The summed E-state index contributed by atoms with van der Waals surface area (Å²) in [6.07, 6.45) is 5.65. The summed E-state index contributed by atoms with van der Waals surface area (Å²) in [4.78, 5) is 15.2. The predicted molar refractivity (Wildman–Crippen MR) is 98.6 cm³/mol. The van der Waals surface area contributed by atoms with Gasteiger partial charge in [-0.3, -0.25) is 4.79 Å². The van der Waals surface area contributed by atoms with Crippen molar-refractivity contribution < 1.29 is 14.3 Å². The van der Waals surface area contributed by atoms with Crippen LogP contribution in [0.1, 0.15) is 42.5 Å². The number of hydrogen-bond acceptors (Lipinski definition) is 4. The zero-order valence-corrected chi connectivity index (χ0v) is 15.3. The fourth-order valence-corrected chi connectivity index (χ4v) is 4.15. The highest BCUT2D eigenvalue weighted by atomic mass is 35.5. The SMILES string of the molecule is Cl.O=C(c1cccc(OCC2CCCO2)c1)N1C2CCNCC1CC2. The van der Waals surface area contributed by atoms with Crippen LogP contribution in [0.3, 0.4) is 0 Å². The van der Waals surface area contributed by atoms with Crippen molar-refractivity contribution in [1.29, 1.82) is 0 Å². The second-order valence-electron chi connectivity index (χ2n) is 7.06. The Morgan fingerprint density at radius 3 is 2.96 bits per heavy atom. The number of benzene rings is 1. The maximum Gasteiger partial charge on any atom is 0.254 e. The van der Waals surface area contributed by atoms with Crippen LogP contribution in [-0.4, -0.2) is 55.3 Å². The second-order valence-corrected chi connectivity index (χ2v) is 7.06. The van der Waals surface area contributed by atoms with Crippen LogP contribution in [0.2, 0.25) is 0 Å². The number of nitrogens with zero attached hydrogens (tertiary/aromatic N) is 1. The van der Waals surface area contributed by atoms with E-state index in [-0.39, 0.29) is 24.4 Å². The van der Waals surface area contributed by atoms with Gasteiger partial charge in [-0.2, -0.15) is 0 Å². The number of nitrogens with one attached hydrogen (secondary N) is 1. The number of carbonyl (C=O) groups is 1. The first-order chi connectivity index (χ1) is 11.8. The molecule has 1 aromatic rings. The van der Waals surface area contributed by atoms with Gasteiger partial charge in [0.15, 0.2) is 0 Å². The lowest BCUT2D eigenvalue weighted by atomic mass is 10.1. The third-order valence-electron chi connectivity index (χ3n) is 5.43. The fraction of sp³-hybridized carbons (Fsp3) is 0.632. The smallest absolute Gasteiger partial charge is 0.254 e. The van der Waals surface area contributed by atoms with E-state index in [4.69, 9.17) is 9.47 Å². The van der Waals surface area contributed by atoms with Gasteiger partial charge >= 0.3 is 0 Å². The third-order valence-corrected chi connectivity index (χ3v) is 5.43. The summed E-state index contributed by atoms with van der Waals surface area (Å²) in [6, 6.07) is 8.34. The van der Waals surface area contributed by atoms with E-state index in [1.54, 1.807) is 0 Å². The maximum absolute atomic E-state index is 13.0. The quantitative estimate of drug-likeness (QED) is 0.890. The molecule has 1 aromatic carbocycles. The van der Waals surface area contributed by atoms with Crippen LogP contribution in [0.15, 0.2) is 24.3 Å². The Kier molecular flexibility index (Phi) is 6.20. The summed E-state index contributed by atoms with van der Waals surface area (Å²) in [6.45, 7) is 3.32. The molecule has 5 nitrogen and oxygen atoms in total. The normalized spacial score (nSPS) is 28.3. The minimum atomic E-state index is 0. The van der Waals surface area contributed by atoms with Crippen LogP contribution in [0, 0.1) is 0 Å². The third kappa shape index (κ3) is 4.10. The number of hydrogen-bond donors (Lipinski definition) is 1. The van der Waals surface area contributed by atoms with E-state index in [0.29, 0.717) is 18.7 Å². The molecular weight excluding hydrogens is 340 g/mol. The number of rotatable bonds is 4. The molecular formula is C19H27ClN2O3. The summed E-state index contributed by atoms with van der Waals surface area (Å²) >= 11 is 0. The standard InChI is InChI=1S/C19H26N2O3.ClH/c22-19(21-15-6-7-16(21)12-20-9-8-15)14-3-1-4-17(11-14)24-13-18-5-2-10-23-18;/h1,3-4,11,15-16,18,20H,2,5-10,12-13H2;1H. The Bertz CT molecular complexity index is 578. The second kappa shape index (κ2) is 8.39. The molecule has 1 N–H and O–H groups in total. The lowest BCUT2D eigenvalue weighted by molar-refractivity contribution is 0.0666. The zero-order valence-electron chi connectivity index (χ0n) is 14.5. The van der Waals surface area contributed by atoms with Crippen LogP contribution in [0.5, 0.6) is 5.75 Å². The molecule has 3 aliphatic rings. The van der Waals surface area contributed by atoms with Gasteiger partial charge in [-0.25, -0.2) is 0 Å². The molecule has 0 spiro atoms. The van der Waals surface area contributed by atoms with E-state index < -0.39 is 0 Å². The molecule has 0 radical (unpaired) electrons. The molecule has 6 heteroatoms. The summed E-state index contributed by atoms with van der Waals surface area (Å²) < 4.78 is 11.4. The van der Waals surface area contributed by atoms with Crippen LogP contribution >= 0.6 is 12.4 Å². The minimum Gasteiger partial charge on any atom is -0.491 e. The molecule has 0 aromatic heterocycles. The van der Waals surface area contributed by atoms with Gasteiger partial charge in [0.25, 0.3) is 5.91 Å². The Labute approximate surface area is 155 Å². The number of amides is 1. The van der Waals surface area contributed by atoms with Crippen molar-refractivity contribution in [1.82, 2.24) is 10.2 Å². The molecule has 3 heterocycles. The van der Waals surface area contributed by atoms with E-state index in [1.807, 2.05) is 24.3 Å². The molecule has 4 rings (SSSR count). The number of carbonyl (C=O) groups excluding carboxylic acids is 1. The van der Waals surface area contributed by atoms with Gasteiger partial charge in [-0.05, 0) is 56.8 Å². The van der Waals surface area contributed by atoms with Crippen molar-refractivity contribution in [3.8, 4) is 5.75 Å². The van der Waals surface area contributed by atoms with E-state index >= 15 is 0 Å². The van der Waals surface area contributed by atoms with Crippen LogP contribution in [0.25, 0.3) is 0 Å². The molecule has 3 unspecified atom stereocenters. The van der Waals surface area contributed by atoms with Crippen LogP contribution in [0.4, 0.5) is 0 Å². The Balaban J connectivity index is 0.00000182. The first-order valence-electron chi connectivity index (χ1n) is 9.19. The Hall–Kier alpha value is -1.30. The van der Waals surface area contributed by atoms with Crippen molar-refractivity contribution >= 4 is 18.3 Å². The topological polar surface area (TPSA) is 50.8 Å². The first-order valence-corrected chi connectivity index (χ1v) is 9.19. The number of fused-ring (bicyclic) bond motifs is 2. The van der Waals surface area contributed by atoms with Gasteiger partial charge in [0.05, 0.1) is 6.10 Å². The molecule has 138 valence electrons. The highest BCUT2D eigenvalue weighted by molar-refractivity contribution is 5.95. The van der Waals surface area contributed by atoms with Crippen molar-refractivity contribution in [2.45, 2.75) is 50.3 Å². The molecule has 3 saturated heterocycles. The molecule has 3 aliphatic heterocycles. The van der Waals surface area contributed by atoms with Crippen molar-refractivity contribution in [2.24, 2.45) is 0 Å². The van der Waals surface area contributed by atoms with E-state index in [9.17, 15) is 4.79 Å². The average Bonchev–Trinajstić information content (AvgIpc) is 3.19. The molecule has 3 atom stereocenters. The van der Waals surface area contributed by atoms with Gasteiger partial charge in [0.2, 0.25) is 0 Å². The number of halogens is 1. The van der Waals surface area contributed by atoms with E-state index in [0.717, 1.165) is 63.1 Å². The first kappa shape index (κ1) is 18.5. The lowest BCUT2D eigenvalue weighted by Crippen LogP contribution is -2.42. The van der Waals surface area contributed by atoms with E-state index in [1.165, 1.54) is 0 Å². The van der Waals surface area contributed by atoms with Gasteiger partial charge < -0.3 is 19.7 Å². The average molecular weight is 367 g/mol. The minimum absolute atomic E-state index is 0. The van der Waals surface area contributed by atoms with Gasteiger partial charge in [0.1, 0.15) is 12.4 Å². The predicted octanol–water partition coefficient (Wildman–Crippen LogP) is 2.63. The summed E-state index contributed by atoms with van der Waals surface area (Å²) in [5.74, 6) is 0.908. The summed E-state index contributed by atoms with van der Waals surface area (Å²) in [5.41, 5.74) is 0.735. The van der Waals surface area contributed by atoms with E-state index in [2.05, 4.69) is 10.2 Å². The highest BCUT2D eigenvalue weighted by Gasteiger charge is 2.38. The molecule has 3 fully saturated rings. The Morgan fingerprint density at radius 1 is 1.24 bits per heavy atom. The van der Waals surface area contributed by atoms with Crippen molar-refractivity contribution in [3.63, 3.8) is 0 Å². The van der Waals surface area contributed by atoms with Gasteiger partial charge in [0, 0.05) is 30.8 Å². The monoisotopic (exact) mass is 366 g/mol. The number of ether oxygens (including phenoxy) is 2. The molecule has 0 saturated carbocycles. The van der Waals surface area contributed by atoms with Crippen LogP contribution < -0.4 is 10.1 Å². The van der Waals surface area contributed by atoms with Crippen molar-refractivity contribution in [3.05, 3.63) is 29.8 Å². The largest absolute Gasteiger partial charge is 0.491 e. The molecule has 2 bridgehead atoms. The zero-order chi connectivity index (χ0) is 16.4. The maximum atomic E-state index is 13.0. The fourth-order valence-electron chi connectivity index (χ4n) is 4.15. The lowest BCUT2D eigenvalue weighted by Gasteiger charge is -2.28. The van der Waals surface area contributed by atoms with Gasteiger partial charge in [-0.15, -0.1) is 12.4 Å². The molecule has 0 aliphatic carbocycles. The van der Waals surface area contributed by atoms with Gasteiger partial charge in [-0.1, -0.05) is 6.07 Å². The van der Waals surface area contributed by atoms with Crippen LogP contribution in [-0.2, 0) is 4.74 Å². The van der Waals surface area contributed by atoms with Crippen molar-refractivity contribution in [2.75, 3.05) is 26.3 Å². The highest BCUT2D eigenvalue weighted by Crippen LogP contribution is 2.30. The molecule has 1 amide bonds. The molecule has 25 heavy (non-hydrogen) atoms. The summed E-state index contributed by atoms with van der Waals surface area (Å²) in [5, 5.41) is 3.45. The summed E-state index contributed by atoms with van der Waals surface area (Å²) in [7, 11) is 0. The Morgan fingerprint density at radius 2 is 2.12 bits per heavy atom.